The summed E-state index contributed by atoms with van der Waals surface area (Å²) in [4.78, 5) is 8.63. The zero-order chi connectivity index (χ0) is 11.0. The number of nitrogens with zero attached hydrogens (tertiary/aromatic N) is 3. The van der Waals surface area contributed by atoms with Crippen LogP contribution in [0.1, 0.15) is 0 Å². The number of benzene rings is 1. The summed E-state index contributed by atoms with van der Waals surface area (Å²) < 4.78 is 0. The van der Waals surface area contributed by atoms with Gasteiger partial charge in [0.15, 0.2) is 0 Å². The third kappa shape index (κ3) is 1.24. The Hall–Kier alpha value is -2.36. The van der Waals surface area contributed by atoms with Crippen LogP contribution in [0.25, 0.3) is 21.8 Å². The summed E-state index contributed by atoms with van der Waals surface area (Å²) in [7, 11) is 0. The van der Waals surface area contributed by atoms with Gasteiger partial charge in [-0.05, 0) is 12.1 Å². The second-order valence-corrected chi connectivity index (χ2v) is 3.52. The van der Waals surface area contributed by atoms with E-state index in [-0.39, 0.29) is 0 Å². The maximum Gasteiger partial charge on any atom is 0.104 e. The molecule has 76 valence electrons. The van der Waals surface area contributed by atoms with Crippen LogP contribution in [0.2, 0.25) is 0 Å². The molecule has 0 radical (unpaired) electrons. The average Bonchev–Trinajstić information content (AvgIpc) is 2.38. The van der Waals surface area contributed by atoms with E-state index in [1.54, 1.807) is 12.4 Å². The van der Waals surface area contributed by atoms with Gasteiger partial charge in [0.2, 0.25) is 0 Å². The van der Waals surface area contributed by atoms with Crippen molar-refractivity contribution >= 4 is 27.5 Å². The van der Waals surface area contributed by atoms with Gasteiger partial charge in [-0.1, -0.05) is 18.2 Å². The van der Waals surface area contributed by atoms with E-state index in [0.29, 0.717) is 5.69 Å². The molecule has 16 heavy (non-hydrogen) atoms. The van der Waals surface area contributed by atoms with E-state index in [2.05, 4.69) is 15.1 Å². The van der Waals surface area contributed by atoms with Crippen molar-refractivity contribution in [2.45, 2.75) is 0 Å². The fourth-order valence-electron chi connectivity index (χ4n) is 1.79. The van der Waals surface area contributed by atoms with Gasteiger partial charge in [0.1, 0.15) is 5.69 Å². The Kier molecular flexibility index (Phi) is 1.86. The largest absolute Gasteiger partial charge is 0.254 e. The number of nitrogens with one attached hydrogen (secondary N) is 1. The van der Waals surface area contributed by atoms with Crippen molar-refractivity contribution < 1.29 is 0 Å². The number of pyridine rings is 2. The summed E-state index contributed by atoms with van der Waals surface area (Å²) in [5, 5.41) is 5.39. The summed E-state index contributed by atoms with van der Waals surface area (Å²) >= 11 is 0. The minimum Gasteiger partial charge on any atom is -0.254 e. The van der Waals surface area contributed by atoms with E-state index in [9.17, 15) is 0 Å². The Morgan fingerprint density at radius 2 is 1.81 bits per heavy atom. The first kappa shape index (κ1) is 8.91. The molecular weight excluding hydrogens is 200 g/mol. The predicted octanol–water partition coefficient (Wildman–Crippen LogP) is 3.45. The molecule has 0 aliphatic heterocycles. The Bertz CT molecular complexity index is 691. The van der Waals surface area contributed by atoms with E-state index in [4.69, 9.17) is 5.53 Å². The maximum absolute atomic E-state index is 6.95. The summed E-state index contributed by atoms with van der Waals surface area (Å²) in [6.07, 6.45) is 3.34. The molecule has 0 aliphatic carbocycles. The first-order chi connectivity index (χ1) is 7.88. The molecule has 4 heteroatoms. The predicted molar refractivity (Wildman–Crippen MR) is 61.9 cm³/mol. The zero-order valence-electron chi connectivity index (χ0n) is 8.38. The SMILES string of the molecule is N=Nc1cnc2c(ccc3cccnc32)c1. The highest BCUT2D eigenvalue weighted by molar-refractivity contribution is 6.03. The summed E-state index contributed by atoms with van der Waals surface area (Å²) in [6, 6.07) is 9.72. The van der Waals surface area contributed by atoms with Gasteiger partial charge in [0.05, 0.1) is 17.2 Å². The Labute approximate surface area is 91.5 Å². The van der Waals surface area contributed by atoms with Crippen LogP contribution in [0.5, 0.6) is 0 Å². The molecule has 0 fully saturated rings. The van der Waals surface area contributed by atoms with Crippen LogP contribution in [-0.2, 0) is 0 Å². The topological polar surface area (TPSA) is 62.0 Å². The molecule has 1 aromatic carbocycles. The van der Waals surface area contributed by atoms with Gasteiger partial charge in [-0.3, -0.25) is 9.97 Å². The second-order valence-electron chi connectivity index (χ2n) is 3.52. The highest BCUT2D eigenvalue weighted by Crippen LogP contribution is 2.24. The lowest BCUT2D eigenvalue weighted by molar-refractivity contribution is 1.14. The average molecular weight is 208 g/mol. The molecule has 0 spiro atoms. The van der Waals surface area contributed by atoms with Crippen molar-refractivity contribution in [3.63, 3.8) is 0 Å². The Balaban J connectivity index is 2.47. The molecule has 0 bridgehead atoms. The van der Waals surface area contributed by atoms with Crippen molar-refractivity contribution in [2.75, 3.05) is 0 Å². The quantitative estimate of drug-likeness (QED) is 0.491. The van der Waals surface area contributed by atoms with Crippen LogP contribution in [-0.4, -0.2) is 9.97 Å². The lowest BCUT2D eigenvalue weighted by Crippen LogP contribution is -1.83. The molecule has 0 atom stereocenters. The molecule has 0 aliphatic rings. The molecule has 3 aromatic rings. The normalized spacial score (nSPS) is 10.8. The van der Waals surface area contributed by atoms with Crippen molar-refractivity contribution in [3.8, 4) is 0 Å². The first-order valence-electron chi connectivity index (χ1n) is 4.89. The molecule has 2 heterocycles. The lowest BCUT2D eigenvalue weighted by atomic mass is 10.1. The second kappa shape index (κ2) is 3.34. The molecule has 0 saturated heterocycles. The van der Waals surface area contributed by atoms with E-state index in [1.165, 1.54) is 0 Å². The zero-order valence-corrected chi connectivity index (χ0v) is 8.38. The fourth-order valence-corrected chi connectivity index (χ4v) is 1.79. The highest BCUT2D eigenvalue weighted by atomic mass is 15.0. The van der Waals surface area contributed by atoms with Gasteiger partial charge in [-0.25, -0.2) is 5.53 Å². The van der Waals surface area contributed by atoms with Gasteiger partial charge >= 0.3 is 0 Å². The standard InChI is InChI=1S/C12H8N4/c13-16-10-6-9-4-3-8-2-1-5-14-11(8)12(9)15-7-10/h1-7,13H. The van der Waals surface area contributed by atoms with Crippen LogP contribution in [0.3, 0.4) is 0 Å². The third-order valence-corrected chi connectivity index (χ3v) is 2.54. The summed E-state index contributed by atoms with van der Waals surface area (Å²) in [6.45, 7) is 0. The van der Waals surface area contributed by atoms with Crippen LogP contribution in [0, 0.1) is 5.53 Å². The minimum atomic E-state index is 0.558. The number of hydrogen-bond donors (Lipinski definition) is 1. The molecule has 2 aromatic heterocycles. The van der Waals surface area contributed by atoms with E-state index >= 15 is 0 Å². The smallest absolute Gasteiger partial charge is 0.104 e. The molecule has 4 nitrogen and oxygen atoms in total. The van der Waals surface area contributed by atoms with Crippen LogP contribution in [0.4, 0.5) is 5.69 Å². The first-order valence-corrected chi connectivity index (χ1v) is 4.89. The summed E-state index contributed by atoms with van der Waals surface area (Å²) in [5.74, 6) is 0. The highest BCUT2D eigenvalue weighted by Gasteiger charge is 2.02. The summed E-state index contributed by atoms with van der Waals surface area (Å²) in [5.41, 5.74) is 9.25. The van der Waals surface area contributed by atoms with Gasteiger partial charge < -0.3 is 0 Å². The van der Waals surface area contributed by atoms with Crippen molar-refractivity contribution in [1.82, 2.24) is 9.97 Å². The number of aromatic nitrogens is 2. The van der Waals surface area contributed by atoms with Crippen molar-refractivity contribution in [1.29, 1.82) is 5.53 Å². The van der Waals surface area contributed by atoms with Gasteiger partial charge in [-0.2, -0.15) is 5.11 Å². The van der Waals surface area contributed by atoms with Crippen molar-refractivity contribution in [3.05, 3.63) is 42.7 Å². The van der Waals surface area contributed by atoms with E-state index < -0.39 is 0 Å². The van der Waals surface area contributed by atoms with Gasteiger partial charge in [0.25, 0.3) is 0 Å². The molecular formula is C12H8N4. The number of hydrogen-bond acceptors (Lipinski definition) is 4. The third-order valence-electron chi connectivity index (χ3n) is 2.54. The van der Waals surface area contributed by atoms with Crippen LogP contribution < -0.4 is 0 Å². The van der Waals surface area contributed by atoms with Gasteiger partial charge in [0, 0.05) is 17.0 Å². The lowest BCUT2D eigenvalue weighted by Gasteiger charge is -2.01. The van der Waals surface area contributed by atoms with Crippen LogP contribution >= 0.6 is 0 Å². The molecule has 1 N–H and O–H groups in total. The fraction of sp³-hybridized carbons (Fsp3) is 0. The minimum absolute atomic E-state index is 0.558. The number of rotatable bonds is 1. The Morgan fingerprint density at radius 3 is 2.69 bits per heavy atom. The maximum atomic E-state index is 6.95. The molecule has 0 amide bonds. The monoisotopic (exact) mass is 208 g/mol. The molecule has 0 saturated carbocycles. The van der Waals surface area contributed by atoms with Crippen LogP contribution in [0.15, 0.2) is 47.8 Å². The van der Waals surface area contributed by atoms with E-state index in [0.717, 1.165) is 21.8 Å². The van der Waals surface area contributed by atoms with E-state index in [1.807, 2.05) is 30.3 Å². The molecule has 0 unspecified atom stereocenters. The van der Waals surface area contributed by atoms with Crippen molar-refractivity contribution in [2.24, 2.45) is 5.11 Å². The molecule has 3 rings (SSSR count). The van der Waals surface area contributed by atoms with Gasteiger partial charge in [-0.15, -0.1) is 0 Å². The number of fused-ring (bicyclic) bond motifs is 3. The Morgan fingerprint density at radius 1 is 1.00 bits per heavy atom.